The van der Waals surface area contributed by atoms with Crippen LogP contribution in [0.4, 0.5) is 0 Å². The van der Waals surface area contributed by atoms with Crippen LogP contribution in [0.5, 0.6) is 0 Å². The molecule has 0 bridgehead atoms. The molecule has 6 heteroatoms. The van der Waals surface area contributed by atoms with E-state index in [-0.39, 0.29) is 16.7 Å². The number of cyclic esters (lactones) is 1. The Morgan fingerprint density at radius 3 is 2.93 bits per heavy atom. The topological polar surface area (TPSA) is 55.4 Å². The molecule has 1 aliphatic heterocycles. The van der Waals surface area contributed by atoms with Crippen molar-refractivity contribution in [3.8, 4) is 0 Å². The van der Waals surface area contributed by atoms with Crippen molar-refractivity contribution in [2.24, 2.45) is 0 Å². The number of carbonyl (C=O) groups excluding carboxylic acids is 2. The van der Waals surface area contributed by atoms with Crippen LogP contribution in [0, 0.1) is 0 Å². The number of ether oxygens (including phenoxy) is 1. The van der Waals surface area contributed by atoms with Gasteiger partial charge in [0.1, 0.15) is 6.04 Å². The van der Waals surface area contributed by atoms with Gasteiger partial charge >= 0.3 is 5.97 Å². The van der Waals surface area contributed by atoms with E-state index >= 15 is 0 Å². The Morgan fingerprint density at radius 2 is 2.43 bits per heavy atom. The van der Waals surface area contributed by atoms with Crippen molar-refractivity contribution in [3.63, 3.8) is 0 Å². The maximum atomic E-state index is 11.4. The highest BCUT2D eigenvalue weighted by Gasteiger charge is 2.29. The number of amides is 1. The summed E-state index contributed by atoms with van der Waals surface area (Å²) in [5.41, 5.74) is 0. The Balaban J connectivity index is 2.36. The molecule has 0 aromatic rings. The van der Waals surface area contributed by atoms with Gasteiger partial charge in [-0.2, -0.15) is 0 Å². The summed E-state index contributed by atoms with van der Waals surface area (Å²) in [5, 5.41) is 3.37. The van der Waals surface area contributed by atoms with Crippen LogP contribution in [0.15, 0.2) is 0 Å². The highest BCUT2D eigenvalue weighted by Crippen LogP contribution is 2.10. The number of halogens is 2. The lowest BCUT2D eigenvalue weighted by Crippen LogP contribution is -2.41. The minimum atomic E-state index is -0.460. The molecule has 1 heterocycles. The van der Waals surface area contributed by atoms with Crippen molar-refractivity contribution in [2.75, 3.05) is 11.9 Å². The Hall–Kier alpha value is -0.100. The third-order valence-corrected chi connectivity index (χ3v) is 3.23. The molecule has 0 saturated carbocycles. The highest BCUT2D eigenvalue weighted by molar-refractivity contribution is 9.10. The van der Waals surface area contributed by atoms with Crippen molar-refractivity contribution in [3.05, 3.63) is 0 Å². The Morgan fingerprint density at radius 1 is 1.71 bits per heavy atom. The quantitative estimate of drug-likeness (QED) is 0.618. The molecule has 14 heavy (non-hydrogen) atoms. The molecule has 1 rings (SSSR count). The number of rotatable bonds is 4. The third-order valence-electron chi connectivity index (χ3n) is 1.90. The van der Waals surface area contributed by atoms with Gasteiger partial charge in [-0.3, -0.25) is 4.79 Å². The first-order valence-electron chi connectivity index (χ1n) is 4.32. The monoisotopic (exact) mass is 327 g/mol. The summed E-state index contributed by atoms with van der Waals surface area (Å²) in [6.45, 7) is 0.398. The van der Waals surface area contributed by atoms with Crippen LogP contribution in [0.2, 0.25) is 0 Å². The Kier molecular flexibility index (Phi) is 4.88. The molecule has 2 atom stereocenters. The molecule has 0 aliphatic carbocycles. The van der Waals surface area contributed by atoms with E-state index in [0.29, 0.717) is 19.4 Å². The molecule has 0 aromatic heterocycles. The van der Waals surface area contributed by atoms with Crippen LogP contribution in [-0.4, -0.2) is 34.7 Å². The number of esters is 1. The zero-order valence-corrected chi connectivity index (χ0v) is 10.6. The first-order valence-corrected chi connectivity index (χ1v) is 6.36. The lowest BCUT2D eigenvalue weighted by Gasteiger charge is -2.12. The normalized spacial score (nSPS) is 23.0. The van der Waals surface area contributed by atoms with Crippen molar-refractivity contribution in [1.82, 2.24) is 5.32 Å². The van der Waals surface area contributed by atoms with E-state index in [1.165, 1.54) is 0 Å². The van der Waals surface area contributed by atoms with E-state index in [1.54, 1.807) is 0 Å². The summed E-state index contributed by atoms with van der Waals surface area (Å²) in [7, 11) is 0. The Bertz CT molecular complexity index is 235. The van der Waals surface area contributed by atoms with E-state index in [1.807, 2.05) is 0 Å². The van der Waals surface area contributed by atoms with Crippen molar-refractivity contribution in [1.29, 1.82) is 0 Å². The fraction of sp³-hybridized carbons (Fsp3) is 0.750. The summed E-state index contributed by atoms with van der Waals surface area (Å²) < 4.78 is 4.73. The average Bonchev–Trinajstić information content (AvgIpc) is 2.52. The molecule has 1 saturated heterocycles. The second-order valence-corrected chi connectivity index (χ2v) is 4.86. The second-order valence-electron chi connectivity index (χ2n) is 2.96. The van der Waals surface area contributed by atoms with E-state index in [4.69, 9.17) is 4.74 Å². The molecular formula is C8H11Br2NO3. The van der Waals surface area contributed by atoms with Crippen LogP contribution in [0.1, 0.15) is 12.8 Å². The van der Waals surface area contributed by atoms with Gasteiger partial charge in [0.05, 0.1) is 11.4 Å². The van der Waals surface area contributed by atoms with E-state index in [2.05, 4.69) is 37.2 Å². The Labute approximate surface area is 99.0 Å². The van der Waals surface area contributed by atoms with Crippen LogP contribution >= 0.6 is 31.9 Å². The molecule has 0 spiro atoms. The largest absolute Gasteiger partial charge is 0.464 e. The first-order chi connectivity index (χ1) is 6.65. The SMILES string of the molecule is O=C1OCCC1NC(=O)[C@H](Br)CCBr. The van der Waals surface area contributed by atoms with Crippen LogP contribution in [0.25, 0.3) is 0 Å². The van der Waals surface area contributed by atoms with Crippen LogP contribution < -0.4 is 5.32 Å². The summed E-state index contributed by atoms with van der Waals surface area (Å²) in [4.78, 5) is 22.2. The zero-order chi connectivity index (χ0) is 10.6. The molecule has 1 N–H and O–H groups in total. The van der Waals surface area contributed by atoms with Gasteiger partial charge in [-0.05, 0) is 6.42 Å². The van der Waals surface area contributed by atoms with Crippen molar-refractivity contribution >= 4 is 43.7 Å². The molecule has 1 aliphatic rings. The fourth-order valence-electron chi connectivity index (χ4n) is 1.12. The van der Waals surface area contributed by atoms with Gasteiger partial charge in [-0.25, -0.2) is 4.79 Å². The van der Waals surface area contributed by atoms with Crippen LogP contribution in [0.3, 0.4) is 0 Å². The molecule has 80 valence electrons. The number of hydrogen-bond donors (Lipinski definition) is 1. The highest BCUT2D eigenvalue weighted by atomic mass is 79.9. The minimum absolute atomic E-state index is 0.159. The predicted octanol–water partition coefficient (Wildman–Crippen LogP) is 0.967. The van der Waals surface area contributed by atoms with Gasteiger partial charge < -0.3 is 10.1 Å². The lowest BCUT2D eigenvalue weighted by molar-refractivity contribution is -0.141. The van der Waals surface area contributed by atoms with Crippen molar-refractivity contribution < 1.29 is 14.3 Å². The number of carbonyl (C=O) groups is 2. The standard InChI is InChI=1S/C8H11Br2NO3/c9-3-1-5(10)7(12)11-6-2-4-14-8(6)13/h5-6H,1-4H2,(H,11,12)/t5-,6?/m1/s1. The molecule has 0 radical (unpaired) electrons. The fourth-order valence-corrected chi connectivity index (χ4v) is 2.55. The summed E-state index contributed by atoms with van der Waals surface area (Å²) >= 11 is 6.48. The number of nitrogens with one attached hydrogen (secondary N) is 1. The smallest absolute Gasteiger partial charge is 0.328 e. The zero-order valence-electron chi connectivity index (χ0n) is 7.46. The molecule has 4 nitrogen and oxygen atoms in total. The summed E-state index contributed by atoms with van der Waals surface area (Å²) in [6.07, 6.45) is 1.26. The van der Waals surface area contributed by atoms with Crippen LogP contribution in [-0.2, 0) is 14.3 Å². The first kappa shape index (κ1) is 12.0. The average molecular weight is 329 g/mol. The van der Waals surface area contributed by atoms with Gasteiger partial charge in [0.2, 0.25) is 5.91 Å². The van der Waals surface area contributed by atoms with E-state index in [0.717, 1.165) is 5.33 Å². The summed E-state index contributed by atoms with van der Waals surface area (Å²) in [6, 6.07) is -0.460. The lowest BCUT2D eigenvalue weighted by atomic mass is 10.2. The minimum Gasteiger partial charge on any atom is -0.464 e. The molecule has 1 fully saturated rings. The molecule has 1 amide bonds. The van der Waals surface area contributed by atoms with Gasteiger partial charge in [-0.1, -0.05) is 31.9 Å². The second kappa shape index (κ2) is 5.70. The maximum absolute atomic E-state index is 11.4. The van der Waals surface area contributed by atoms with Crippen molar-refractivity contribution in [2.45, 2.75) is 23.7 Å². The third kappa shape index (κ3) is 3.24. The molecule has 1 unspecified atom stereocenters. The summed E-state index contributed by atoms with van der Waals surface area (Å²) in [5.74, 6) is -0.495. The van der Waals surface area contributed by atoms with Gasteiger partial charge in [0, 0.05) is 11.8 Å². The number of hydrogen-bond acceptors (Lipinski definition) is 3. The maximum Gasteiger partial charge on any atom is 0.328 e. The van der Waals surface area contributed by atoms with Gasteiger partial charge in [0.25, 0.3) is 0 Å². The molecular weight excluding hydrogens is 318 g/mol. The predicted molar refractivity (Wildman–Crippen MR) is 58.6 cm³/mol. The van der Waals surface area contributed by atoms with E-state index in [9.17, 15) is 9.59 Å². The number of alkyl halides is 2. The van der Waals surface area contributed by atoms with Gasteiger partial charge in [0.15, 0.2) is 0 Å². The van der Waals surface area contributed by atoms with Gasteiger partial charge in [-0.15, -0.1) is 0 Å². The molecule has 0 aromatic carbocycles. The van der Waals surface area contributed by atoms with E-state index < -0.39 is 6.04 Å².